The third kappa shape index (κ3) is 4.43. The highest BCUT2D eigenvalue weighted by molar-refractivity contribution is 4.70. The molecule has 0 bridgehead atoms. The van der Waals surface area contributed by atoms with Crippen LogP contribution in [0.2, 0.25) is 0 Å². The third-order valence-electron chi connectivity index (χ3n) is 3.02. The van der Waals surface area contributed by atoms with Gasteiger partial charge in [0.15, 0.2) is 0 Å². The van der Waals surface area contributed by atoms with Gasteiger partial charge in [0.2, 0.25) is 0 Å². The fourth-order valence-corrected chi connectivity index (χ4v) is 2.13. The van der Waals surface area contributed by atoms with Crippen molar-refractivity contribution in [2.45, 2.75) is 70.5 Å². The van der Waals surface area contributed by atoms with E-state index in [9.17, 15) is 0 Å². The van der Waals surface area contributed by atoms with Crippen LogP contribution >= 0.6 is 0 Å². The largest absolute Gasteiger partial charge is 0.394 e. The van der Waals surface area contributed by atoms with Crippen LogP contribution < -0.4 is 0 Å². The summed E-state index contributed by atoms with van der Waals surface area (Å²) in [6, 6.07) is 0. The van der Waals surface area contributed by atoms with Crippen molar-refractivity contribution in [3.63, 3.8) is 0 Å². The van der Waals surface area contributed by atoms with E-state index in [2.05, 4.69) is 6.92 Å². The Kier molecular flexibility index (Phi) is 6.20. The molecular formula is C12H24O2. The predicted octanol–water partition coefficient (Wildman–Crippen LogP) is 2.89. The maximum atomic E-state index is 8.99. The highest BCUT2D eigenvalue weighted by atomic mass is 16.5. The van der Waals surface area contributed by atoms with Gasteiger partial charge in [-0.1, -0.05) is 32.6 Å². The molecule has 1 fully saturated rings. The zero-order chi connectivity index (χ0) is 10.2. The number of aliphatic hydroxyl groups is 1. The zero-order valence-corrected chi connectivity index (χ0v) is 9.37. The Morgan fingerprint density at radius 3 is 2.64 bits per heavy atom. The van der Waals surface area contributed by atoms with E-state index in [1.165, 1.54) is 44.9 Å². The van der Waals surface area contributed by atoms with E-state index in [1.807, 2.05) is 0 Å². The summed E-state index contributed by atoms with van der Waals surface area (Å²) in [6.45, 7) is 2.43. The molecule has 0 radical (unpaired) electrons. The van der Waals surface area contributed by atoms with Crippen molar-refractivity contribution in [2.75, 3.05) is 6.61 Å². The number of hydrogen-bond donors (Lipinski definition) is 1. The minimum Gasteiger partial charge on any atom is -0.394 e. The monoisotopic (exact) mass is 200 g/mol. The fraction of sp³-hybridized carbons (Fsp3) is 1.00. The molecule has 84 valence electrons. The van der Waals surface area contributed by atoms with Crippen LogP contribution in [-0.2, 0) is 4.74 Å². The lowest BCUT2D eigenvalue weighted by molar-refractivity contribution is -0.0751. The molecule has 0 aromatic rings. The van der Waals surface area contributed by atoms with E-state index >= 15 is 0 Å². The quantitative estimate of drug-likeness (QED) is 0.668. The first-order chi connectivity index (χ1) is 6.86. The van der Waals surface area contributed by atoms with Crippen LogP contribution in [0.15, 0.2) is 0 Å². The molecule has 1 aliphatic heterocycles. The molecule has 0 aromatic carbocycles. The van der Waals surface area contributed by atoms with Crippen LogP contribution in [0.5, 0.6) is 0 Å². The summed E-state index contributed by atoms with van der Waals surface area (Å²) in [4.78, 5) is 0. The van der Waals surface area contributed by atoms with Crippen molar-refractivity contribution in [3.8, 4) is 0 Å². The summed E-state index contributed by atoms with van der Waals surface area (Å²) < 4.78 is 5.77. The van der Waals surface area contributed by atoms with Gasteiger partial charge in [0, 0.05) is 0 Å². The van der Waals surface area contributed by atoms with Crippen molar-refractivity contribution in [2.24, 2.45) is 0 Å². The lowest BCUT2D eigenvalue weighted by Gasteiger charge is -2.29. The summed E-state index contributed by atoms with van der Waals surface area (Å²) in [7, 11) is 0. The third-order valence-corrected chi connectivity index (χ3v) is 3.02. The fourth-order valence-electron chi connectivity index (χ4n) is 2.13. The van der Waals surface area contributed by atoms with E-state index in [1.54, 1.807) is 0 Å². The van der Waals surface area contributed by atoms with Gasteiger partial charge in [-0.2, -0.15) is 0 Å². The average molecular weight is 200 g/mol. The smallest absolute Gasteiger partial charge is 0.0809 e. The van der Waals surface area contributed by atoms with Crippen LogP contribution in [0.4, 0.5) is 0 Å². The van der Waals surface area contributed by atoms with Gasteiger partial charge in [0.1, 0.15) is 0 Å². The molecule has 0 amide bonds. The first-order valence-electron chi connectivity index (χ1n) is 6.13. The second-order valence-electron chi connectivity index (χ2n) is 4.34. The average Bonchev–Trinajstić information content (AvgIpc) is 2.25. The predicted molar refractivity (Wildman–Crippen MR) is 58.4 cm³/mol. The molecule has 2 atom stereocenters. The number of hydrogen-bond acceptors (Lipinski definition) is 2. The van der Waals surface area contributed by atoms with Crippen LogP contribution in [0.1, 0.15) is 58.3 Å². The molecule has 0 saturated carbocycles. The molecule has 1 rings (SSSR count). The van der Waals surface area contributed by atoms with Gasteiger partial charge in [0.05, 0.1) is 18.8 Å². The molecule has 0 spiro atoms. The Morgan fingerprint density at radius 2 is 1.93 bits per heavy atom. The van der Waals surface area contributed by atoms with Crippen LogP contribution in [0.25, 0.3) is 0 Å². The van der Waals surface area contributed by atoms with E-state index < -0.39 is 0 Å². The number of ether oxygens (including phenoxy) is 1. The Morgan fingerprint density at radius 1 is 1.14 bits per heavy atom. The van der Waals surface area contributed by atoms with Crippen molar-refractivity contribution in [3.05, 3.63) is 0 Å². The summed E-state index contributed by atoms with van der Waals surface area (Å²) in [6.07, 6.45) is 10.5. The summed E-state index contributed by atoms with van der Waals surface area (Å²) >= 11 is 0. The Bertz CT molecular complexity index is 136. The Balaban J connectivity index is 2.05. The lowest BCUT2D eigenvalue weighted by atomic mass is 10.00. The van der Waals surface area contributed by atoms with E-state index in [0.29, 0.717) is 6.10 Å². The van der Waals surface area contributed by atoms with Crippen molar-refractivity contribution >= 4 is 0 Å². The maximum Gasteiger partial charge on any atom is 0.0809 e. The molecular weight excluding hydrogens is 176 g/mol. The van der Waals surface area contributed by atoms with E-state index in [-0.39, 0.29) is 12.7 Å². The first kappa shape index (κ1) is 12.0. The SMILES string of the molecule is CCCCCC[C@H]1CCC[C@H](CO)O1. The van der Waals surface area contributed by atoms with Gasteiger partial charge in [-0.05, 0) is 25.7 Å². The number of rotatable bonds is 6. The lowest BCUT2D eigenvalue weighted by Crippen LogP contribution is -2.30. The van der Waals surface area contributed by atoms with Gasteiger partial charge in [-0.25, -0.2) is 0 Å². The second-order valence-corrected chi connectivity index (χ2v) is 4.34. The van der Waals surface area contributed by atoms with E-state index in [4.69, 9.17) is 9.84 Å². The van der Waals surface area contributed by atoms with Gasteiger partial charge < -0.3 is 9.84 Å². The Labute approximate surface area is 87.7 Å². The molecule has 1 aliphatic rings. The van der Waals surface area contributed by atoms with Crippen LogP contribution in [0.3, 0.4) is 0 Å². The van der Waals surface area contributed by atoms with Gasteiger partial charge >= 0.3 is 0 Å². The molecule has 14 heavy (non-hydrogen) atoms. The molecule has 2 heteroatoms. The number of aliphatic hydroxyl groups excluding tert-OH is 1. The highest BCUT2D eigenvalue weighted by Gasteiger charge is 2.20. The maximum absolute atomic E-state index is 8.99. The summed E-state index contributed by atoms with van der Waals surface area (Å²) in [5.41, 5.74) is 0. The topological polar surface area (TPSA) is 29.5 Å². The molecule has 0 unspecified atom stereocenters. The molecule has 0 aromatic heterocycles. The normalized spacial score (nSPS) is 27.9. The minimum absolute atomic E-state index is 0.125. The standard InChI is InChI=1S/C12H24O2/c1-2-3-4-5-7-11-8-6-9-12(10-13)14-11/h11-13H,2-10H2,1H3/t11-,12+/m0/s1. The van der Waals surface area contributed by atoms with Crippen molar-refractivity contribution in [1.82, 2.24) is 0 Å². The Hall–Kier alpha value is -0.0800. The van der Waals surface area contributed by atoms with E-state index in [0.717, 1.165) is 6.42 Å². The number of unbranched alkanes of at least 4 members (excludes halogenated alkanes) is 3. The highest BCUT2D eigenvalue weighted by Crippen LogP contribution is 2.22. The van der Waals surface area contributed by atoms with Crippen molar-refractivity contribution in [1.29, 1.82) is 0 Å². The van der Waals surface area contributed by atoms with Gasteiger partial charge in [-0.15, -0.1) is 0 Å². The molecule has 2 nitrogen and oxygen atoms in total. The molecule has 1 heterocycles. The van der Waals surface area contributed by atoms with Gasteiger partial charge in [0.25, 0.3) is 0 Å². The summed E-state index contributed by atoms with van der Waals surface area (Å²) in [5, 5.41) is 8.99. The summed E-state index contributed by atoms with van der Waals surface area (Å²) in [5.74, 6) is 0. The van der Waals surface area contributed by atoms with Crippen molar-refractivity contribution < 1.29 is 9.84 Å². The zero-order valence-electron chi connectivity index (χ0n) is 9.37. The van der Waals surface area contributed by atoms with Gasteiger partial charge in [-0.3, -0.25) is 0 Å². The molecule has 0 aliphatic carbocycles. The van der Waals surface area contributed by atoms with Crippen LogP contribution in [0, 0.1) is 0 Å². The second kappa shape index (κ2) is 7.24. The van der Waals surface area contributed by atoms with Crippen LogP contribution in [-0.4, -0.2) is 23.9 Å². The molecule has 1 N–H and O–H groups in total. The minimum atomic E-state index is 0.125. The first-order valence-corrected chi connectivity index (χ1v) is 6.13. The molecule has 1 saturated heterocycles.